The predicted molar refractivity (Wildman–Crippen MR) is 149 cm³/mol. The number of likely N-dealkylation sites (tertiary alicyclic amines) is 1. The van der Waals surface area contributed by atoms with Crippen LogP contribution >= 0.6 is 0 Å². The van der Waals surface area contributed by atoms with Crippen molar-refractivity contribution in [1.29, 1.82) is 0 Å². The smallest absolute Gasteiger partial charge is 0.306 e. The van der Waals surface area contributed by atoms with Gasteiger partial charge in [0, 0.05) is 19.0 Å². The maximum Gasteiger partial charge on any atom is 0.306 e. The molecular formula is C31H39N3O7. The zero-order valence-corrected chi connectivity index (χ0v) is 23.8. The molecule has 1 aromatic carbocycles. The molecule has 5 rings (SSSR count). The quantitative estimate of drug-likeness (QED) is 0.413. The van der Waals surface area contributed by atoms with Gasteiger partial charge in [-0.3, -0.25) is 19.2 Å². The largest absolute Gasteiger partial charge is 0.463 e. The lowest BCUT2D eigenvalue weighted by Gasteiger charge is -2.39. The molecule has 0 unspecified atom stereocenters. The highest BCUT2D eigenvalue weighted by Crippen LogP contribution is 2.53. The maximum absolute atomic E-state index is 14.4. The van der Waals surface area contributed by atoms with Crippen molar-refractivity contribution in [3.05, 3.63) is 60.2 Å². The number of nitrogens with zero attached hydrogens (tertiary/aromatic N) is 2. The lowest BCUT2D eigenvalue weighted by Crippen LogP contribution is -2.58. The first-order valence-corrected chi connectivity index (χ1v) is 14.5. The van der Waals surface area contributed by atoms with Crippen molar-refractivity contribution in [2.45, 2.75) is 75.9 Å². The van der Waals surface area contributed by atoms with Gasteiger partial charge in [0.1, 0.15) is 18.2 Å². The van der Waals surface area contributed by atoms with Gasteiger partial charge in [0.15, 0.2) is 0 Å². The van der Waals surface area contributed by atoms with E-state index in [0.717, 1.165) is 5.56 Å². The molecule has 4 aliphatic heterocycles. The number of benzene rings is 1. The second kappa shape index (κ2) is 11.8. The number of fused-ring (bicyclic) bond motifs is 2. The Labute approximate surface area is 240 Å². The number of carbonyl (C=O) groups is 4. The number of ether oxygens (including phenoxy) is 2. The first-order valence-electron chi connectivity index (χ1n) is 14.5. The number of nitrogens with one attached hydrogen (secondary N) is 1. The topological polar surface area (TPSA) is 125 Å². The van der Waals surface area contributed by atoms with Crippen molar-refractivity contribution in [2.75, 3.05) is 19.8 Å². The van der Waals surface area contributed by atoms with Crippen molar-refractivity contribution < 1.29 is 33.8 Å². The molecule has 0 radical (unpaired) electrons. The number of allylic oxidation sites excluding steroid dienone is 1. The number of rotatable bonds is 5. The SMILES string of the molecule is CC[C@@H](CO)N1C(=O)[C@@H]2[C@H]3C(=O)N[C@H](c4ccccc4)COC(=O)CC/C=C\[C@H]3O[C@@]23C=CCN(C(C)C)C(=O)[C@@H]13. The summed E-state index contributed by atoms with van der Waals surface area (Å²) in [4.78, 5) is 58.2. The van der Waals surface area contributed by atoms with Crippen LogP contribution in [0.25, 0.3) is 0 Å². The Kier molecular flexibility index (Phi) is 8.33. The van der Waals surface area contributed by atoms with Crippen molar-refractivity contribution in [1.82, 2.24) is 15.1 Å². The molecule has 1 spiro atoms. The van der Waals surface area contributed by atoms with Gasteiger partial charge in [-0.25, -0.2) is 0 Å². The van der Waals surface area contributed by atoms with Crippen LogP contribution in [0.3, 0.4) is 0 Å². The minimum atomic E-state index is -1.40. The van der Waals surface area contributed by atoms with E-state index in [4.69, 9.17) is 9.47 Å². The van der Waals surface area contributed by atoms with Gasteiger partial charge in [-0.2, -0.15) is 0 Å². The fourth-order valence-electron chi connectivity index (χ4n) is 6.67. The van der Waals surface area contributed by atoms with E-state index < -0.39 is 47.6 Å². The Morgan fingerprint density at radius 1 is 1.10 bits per heavy atom. The van der Waals surface area contributed by atoms with Crippen LogP contribution in [0.4, 0.5) is 0 Å². The fraction of sp³-hybridized carbons (Fsp3) is 0.548. The zero-order chi connectivity index (χ0) is 29.3. The Hall–Kier alpha value is -3.50. The normalized spacial score (nSPS) is 33.6. The summed E-state index contributed by atoms with van der Waals surface area (Å²) in [6, 6.07) is 6.80. The van der Waals surface area contributed by atoms with E-state index in [-0.39, 0.29) is 43.5 Å². The third-order valence-corrected chi connectivity index (χ3v) is 8.73. The van der Waals surface area contributed by atoms with Gasteiger partial charge in [-0.15, -0.1) is 0 Å². The van der Waals surface area contributed by atoms with Crippen LogP contribution in [0, 0.1) is 11.8 Å². The number of amides is 3. The summed E-state index contributed by atoms with van der Waals surface area (Å²) < 4.78 is 12.2. The van der Waals surface area contributed by atoms with Crippen molar-refractivity contribution >= 4 is 23.7 Å². The molecule has 41 heavy (non-hydrogen) atoms. The molecular weight excluding hydrogens is 526 g/mol. The van der Waals surface area contributed by atoms with E-state index in [2.05, 4.69) is 5.32 Å². The zero-order valence-electron chi connectivity index (χ0n) is 23.8. The summed E-state index contributed by atoms with van der Waals surface area (Å²) in [5.41, 5.74) is -0.640. The van der Waals surface area contributed by atoms with Gasteiger partial charge in [0.2, 0.25) is 17.7 Å². The minimum absolute atomic E-state index is 0.0563. The number of cyclic esters (lactones) is 1. The highest BCUT2D eigenvalue weighted by Gasteiger charge is 2.72. The number of carbonyl (C=O) groups excluding carboxylic acids is 4. The molecule has 3 amide bonds. The molecule has 0 aromatic heterocycles. The highest BCUT2D eigenvalue weighted by molar-refractivity contribution is 6.00. The van der Waals surface area contributed by atoms with Crippen LogP contribution in [0.15, 0.2) is 54.6 Å². The van der Waals surface area contributed by atoms with Crippen LogP contribution < -0.4 is 5.32 Å². The molecule has 2 N–H and O–H groups in total. The minimum Gasteiger partial charge on any atom is -0.463 e. The molecule has 2 saturated heterocycles. The predicted octanol–water partition coefficient (Wildman–Crippen LogP) is 1.90. The summed E-state index contributed by atoms with van der Waals surface area (Å²) in [5, 5.41) is 13.3. The van der Waals surface area contributed by atoms with Gasteiger partial charge in [0.25, 0.3) is 0 Å². The maximum atomic E-state index is 14.4. The molecule has 220 valence electrons. The van der Waals surface area contributed by atoms with Gasteiger partial charge < -0.3 is 29.7 Å². The van der Waals surface area contributed by atoms with Gasteiger partial charge >= 0.3 is 5.97 Å². The second-order valence-corrected chi connectivity index (χ2v) is 11.4. The Morgan fingerprint density at radius 3 is 2.54 bits per heavy atom. The van der Waals surface area contributed by atoms with Crippen molar-refractivity contribution in [2.24, 2.45) is 11.8 Å². The van der Waals surface area contributed by atoms with E-state index >= 15 is 0 Å². The summed E-state index contributed by atoms with van der Waals surface area (Å²) in [6.45, 7) is 5.65. The number of hydrogen-bond acceptors (Lipinski definition) is 7. The van der Waals surface area contributed by atoms with Gasteiger partial charge in [-0.05, 0) is 32.3 Å². The van der Waals surface area contributed by atoms with Crippen LogP contribution in [0.1, 0.15) is 51.6 Å². The second-order valence-electron chi connectivity index (χ2n) is 11.4. The Balaban J connectivity index is 1.61. The Morgan fingerprint density at radius 2 is 1.85 bits per heavy atom. The molecule has 4 aliphatic rings. The van der Waals surface area contributed by atoms with E-state index in [1.165, 1.54) is 4.90 Å². The first kappa shape index (κ1) is 29.0. The monoisotopic (exact) mass is 565 g/mol. The molecule has 2 fully saturated rings. The van der Waals surface area contributed by atoms with Crippen LogP contribution in [-0.4, -0.2) is 88.2 Å². The highest BCUT2D eigenvalue weighted by atomic mass is 16.5. The number of esters is 1. The van der Waals surface area contributed by atoms with Gasteiger partial charge in [0.05, 0.1) is 36.6 Å². The van der Waals surface area contributed by atoms with Crippen LogP contribution in [-0.2, 0) is 28.7 Å². The average molecular weight is 566 g/mol. The molecule has 10 nitrogen and oxygen atoms in total. The molecule has 0 saturated carbocycles. The molecule has 10 heteroatoms. The lowest BCUT2D eigenvalue weighted by atomic mass is 9.77. The molecule has 0 bridgehead atoms. The third kappa shape index (κ3) is 5.08. The Bertz CT molecular complexity index is 1230. The van der Waals surface area contributed by atoms with E-state index in [1.807, 2.05) is 57.2 Å². The number of aliphatic hydroxyl groups is 1. The summed E-state index contributed by atoms with van der Waals surface area (Å²) in [6.07, 6.45) is 7.29. The van der Waals surface area contributed by atoms with Crippen molar-refractivity contribution in [3.63, 3.8) is 0 Å². The van der Waals surface area contributed by atoms with E-state index in [9.17, 15) is 24.3 Å². The lowest BCUT2D eigenvalue weighted by molar-refractivity contribution is -0.152. The average Bonchev–Trinajstić information content (AvgIpc) is 3.34. The molecule has 4 heterocycles. The fourth-order valence-corrected chi connectivity index (χ4v) is 6.67. The standard InChI is InChI=1S/C31H39N3O7/c1-4-21(17-35)34-27-30(39)33(19(2)3)16-10-15-31(27)26(29(34)38)25-23(41-31)13-8-9-14-24(36)40-18-22(32-28(25)37)20-11-6-5-7-12-20/h5-8,10-13,15,19,21-23,25-27,35H,4,9,14,16-18H2,1-3H3,(H,32,37)/b13-8-/t21-,22-,23+,25-,26-,27+,31-/m0/s1. The molecule has 7 atom stereocenters. The van der Waals surface area contributed by atoms with Gasteiger partial charge in [-0.1, -0.05) is 61.6 Å². The van der Waals surface area contributed by atoms with E-state index in [1.54, 1.807) is 23.1 Å². The molecule has 1 aromatic rings. The number of hydrogen-bond donors (Lipinski definition) is 2. The third-order valence-electron chi connectivity index (χ3n) is 8.73. The summed E-state index contributed by atoms with van der Waals surface area (Å²) in [5.74, 6) is -3.40. The summed E-state index contributed by atoms with van der Waals surface area (Å²) >= 11 is 0. The van der Waals surface area contributed by atoms with Crippen LogP contribution in [0.2, 0.25) is 0 Å². The first-order chi connectivity index (χ1) is 19.7. The number of aliphatic hydroxyl groups excluding tert-OH is 1. The van der Waals surface area contributed by atoms with E-state index in [0.29, 0.717) is 19.4 Å². The van der Waals surface area contributed by atoms with Crippen molar-refractivity contribution in [3.8, 4) is 0 Å². The summed E-state index contributed by atoms with van der Waals surface area (Å²) in [7, 11) is 0. The molecule has 0 aliphatic carbocycles. The van der Waals surface area contributed by atoms with Crippen LogP contribution in [0.5, 0.6) is 0 Å².